The molecule has 0 aliphatic heterocycles. The average molecular weight is 553 g/mol. The molecule has 1 unspecified atom stereocenters. The van der Waals surface area contributed by atoms with Crippen molar-refractivity contribution in [2.24, 2.45) is 5.92 Å². The highest BCUT2D eigenvalue weighted by atomic mass is 19.1. The van der Waals surface area contributed by atoms with E-state index in [1.165, 1.54) is 55.7 Å². The summed E-state index contributed by atoms with van der Waals surface area (Å²) < 4.78 is 45.4. The van der Waals surface area contributed by atoms with Crippen molar-refractivity contribution in [3.63, 3.8) is 0 Å². The van der Waals surface area contributed by atoms with Crippen LogP contribution in [0.1, 0.15) is 86.4 Å². The second-order valence-corrected chi connectivity index (χ2v) is 9.98. The number of hydrogen-bond donors (Lipinski definition) is 0. The van der Waals surface area contributed by atoms with Crippen LogP contribution < -0.4 is 9.47 Å². The minimum absolute atomic E-state index is 0.0512. The normalized spacial score (nSPS) is 11.6. The van der Waals surface area contributed by atoms with Crippen molar-refractivity contribution in [3.8, 4) is 22.6 Å². The molecule has 0 fully saturated rings. The molecule has 0 saturated carbocycles. The summed E-state index contributed by atoms with van der Waals surface area (Å²) in [6.45, 7) is 6.85. The van der Waals surface area contributed by atoms with E-state index in [9.17, 15) is 18.4 Å². The van der Waals surface area contributed by atoms with Crippen molar-refractivity contribution in [1.29, 1.82) is 0 Å². The molecular formula is C33H38F2O5. The molecule has 3 aromatic rings. The lowest BCUT2D eigenvalue weighted by molar-refractivity contribution is 0.0446. The number of carbonyl (C=O) groups is 2. The van der Waals surface area contributed by atoms with Crippen LogP contribution in [0.5, 0.6) is 11.5 Å². The van der Waals surface area contributed by atoms with Crippen LogP contribution in [0, 0.1) is 17.6 Å². The molecule has 0 radical (unpaired) electrons. The molecule has 5 nitrogen and oxygen atoms in total. The van der Waals surface area contributed by atoms with Gasteiger partial charge in [0.1, 0.15) is 11.6 Å². The fourth-order valence-corrected chi connectivity index (χ4v) is 3.97. The van der Waals surface area contributed by atoms with Gasteiger partial charge in [0.2, 0.25) is 0 Å². The molecule has 3 aromatic carbocycles. The molecule has 0 spiro atoms. The molecule has 0 heterocycles. The average Bonchev–Trinajstić information content (AvgIpc) is 2.96. The Kier molecular flexibility index (Phi) is 12.1. The fourth-order valence-electron chi connectivity index (χ4n) is 3.97. The Bertz CT molecular complexity index is 1260. The van der Waals surface area contributed by atoms with Crippen LogP contribution in [0.2, 0.25) is 0 Å². The first-order valence-corrected chi connectivity index (χ1v) is 14.0. The number of benzene rings is 3. The fraction of sp³-hybridized carbons (Fsp3) is 0.394. The molecule has 7 heteroatoms. The van der Waals surface area contributed by atoms with E-state index in [0.717, 1.165) is 37.8 Å². The first-order valence-electron chi connectivity index (χ1n) is 14.0. The van der Waals surface area contributed by atoms with E-state index in [1.807, 2.05) is 13.8 Å². The van der Waals surface area contributed by atoms with E-state index in [0.29, 0.717) is 12.2 Å². The van der Waals surface area contributed by atoms with E-state index < -0.39 is 23.6 Å². The lowest BCUT2D eigenvalue weighted by atomic mass is 10.0. The molecule has 1 atom stereocenters. The Balaban J connectivity index is 1.55. The summed E-state index contributed by atoms with van der Waals surface area (Å²) in [7, 11) is 0. The van der Waals surface area contributed by atoms with Gasteiger partial charge in [0, 0.05) is 5.56 Å². The summed E-state index contributed by atoms with van der Waals surface area (Å²) in [4.78, 5) is 24.8. The third-order valence-electron chi connectivity index (χ3n) is 6.70. The number of halogens is 2. The molecule has 40 heavy (non-hydrogen) atoms. The molecule has 214 valence electrons. The molecule has 0 bridgehead atoms. The zero-order valence-corrected chi connectivity index (χ0v) is 23.5. The Labute approximate surface area is 235 Å². The number of rotatable bonds is 15. The van der Waals surface area contributed by atoms with Gasteiger partial charge in [-0.1, -0.05) is 77.5 Å². The van der Waals surface area contributed by atoms with E-state index >= 15 is 0 Å². The standard InChI is InChI=1S/C33H38F2O5/c1-4-6-7-8-9-10-19-38-31-18-14-26(21-30(31)35)33(37)40-27-15-11-24(12-16-27)28-17-13-25(20-29(28)34)32(36)39-22-23(3)5-2/h11-18,20-21,23H,4-10,19,22H2,1-3H3. The first kappa shape index (κ1) is 30.8. The molecule has 3 rings (SSSR count). The number of esters is 2. The maximum absolute atomic E-state index is 14.8. The minimum atomic E-state index is -0.722. The second-order valence-electron chi connectivity index (χ2n) is 9.98. The van der Waals surface area contributed by atoms with Crippen LogP contribution in [-0.2, 0) is 4.74 Å². The van der Waals surface area contributed by atoms with Crippen molar-refractivity contribution in [1.82, 2.24) is 0 Å². The van der Waals surface area contributed by atoms with Crippen LogP contribution in [0.25, 0.3) is 11.1 Å². The summed E-state index contributed by atoms with van der Waals surface area (Å²) in [6, 6.07) is 14.4. The van der Waals surface area contributed by atoms with Gasteiger partial charge in [-0.25, -0.2) is 18.4 Å². The number of hydrogen-bond acceptors (Lipinski definition) is 5. The molecule has 0 N–H and O–H groups in total. The quantitative estimate of drug-likeness (QED) is 0.107. The predicted molar refractivity (Wildman–Crippen MR) is 152 cm³/mol. The van der Waals surface area contributed by atoms with Gasteiger partial charge in [-0.2, -0.15) is 0 Å². The molecular weight excluding hydrogens is 514 g/mol. The van der Waals surface area contributed by atoms with Gasteiger partial charge in [-0.15, -0.1) is 0 Å². The van der Waals surface area contributed by atoms with Crippen molar-refractivity contribution < 1.29 is 32.6 Å². The van der Waals surface area contributed by atoms with Gasteiger partial charge in [-0.05, 0) is 60.4 Å². The van der Waals surface area contributed by atoms with Crippen molar-refractivity contribution in [2.75, 3.05) is 13.2 Å². The Hall–Kier alpha value is -3.74. The zero-order valence-electron chi connectivity index (χ0n) is 23.5. The van der Waals surface area contributed by atoms with E-state index in [-0.39, 0.29) is 40.7 Å². The van der Waals surface area contributed by atoms with Crippen LogP contribution >= 0.6 is 0 Å². The van der Waals surface area contributed by atoms with E-state index in [2.05, 4.69) is 6.92 Å². The highest BCUT2D eigenvalue weighted by Gasteiger charge is 2.15. The molecule has 0 aromatic heterocycles. The lowest BCUT2D eigenvalue weighted by Crippen LogP contribution is -2.11. The molecule has 0 amide bonds. The highest BCUT2D eigenvalue weighted by Crippen LogP contribution is 2.27. The molecule has 0 aliphatic carbocycles. The van der Waals surface area contributed by atoms with Crippen LogP contribution in [-0.4, -0.2) is 25.2 Å². The third-order valence-corrected chi connectivity index (χ3v) is 6.70. The monoisotopic (exact) mass is 552 g/mol. The van der Waals surface area contributed by atoms with Crippen molar-refractivity contribution in [3.05, 3.63) is 83.4 Å². The Morgan fingerprint density at radius 3 is 2.10 bits per heavy atom. The van der Waals surface area contributed by atoms with Gasteiger partial charge in [0.05, 0.1) is 24.3 Å². The summed E-state index contributed by atoms with van der Waals surface area (Å²) in [5, 5.41) is 0. The van der Waals surface area contributed by atoms with Gasteiger partial charge in [0.25, 0.3) is 0 Å². The summed E-state index contributed by atoms with van der Waals surface area (Å²) >= 11 is 0. The van der Waals surface area contributed by atoms with Gasteiger partial charge in [0.15, 0.2) is 11.6 Å². The largest absolute Gasteiger partial charge is 0.491 e. The number of unbranched alkanes of at least 4 members (excludes halogenated alkanes) is 5. The van der Waals surface area contributed by atoms with Crippen molar-refractivity contribution >= 4 is 11.9 Å². The SMILES string of the molecule is CCCCCCCCOc1ccc(C(=O)Oc2ccc(-c3ccc(C(=O)OCC(C)CC)cc3F)cc2)cc1F. The zero-order chi connectivity index (χ0) is 28.9. The van der Waals surface area contributed by atoms with Gasteiger partial charge >= 0.3 is 11.9 Å². The summed E-state index contributed by atoms with van der Waals surface area (Å²) in [5.41, 5.74) is 1.02. The second kappa shape index (κ2) is 15.8. The summed E-state index contributed by atoms with van der Waals surface area (Å²) in [6.07, 6.45) is 7.52. The lowest BCUT2D eigenvalue weighted by Gasteiger charge is -2.11. The van der Waals surface area contributed by atoms with Crippen LogP contribution in [0.4, 0.5) is 8.78 Å². The number of carbonyl (C=O) groups excluding carboxylic acids is 2. The topological polar surface area (TPSA) is 61.8 Å². The minimum Gasteiger partial charge on any atom is -0.491 e. The highest BCUT2D eigenvalue weighted by molar-refractivity contribution is 5.91. The first-order chi connectivity index (χ1) is 19.3. The predicted octanol–water partition coefficient (Wildman–Crippen LogP) is 8.79. The Morgan fingerprint density at radius 1 is 0.775 bits per heavy atom. The maximum atomic E-state index is 14.8. The molecule has 0 aliphatic rings. The van der Waals surface area contributed by atoms with Gasteiger partial charge in [-0.3, -0.25) is 0 Å². The Morgan fingerprint density at radius 2 is 1.43 bits per heavy atom. The smallest absolute Gasteiger partial charge is 0.343 e. The molecule has 0 saturated heterocycles. The van der Waals surface area contributed by atoms with Crippen LogP contribution in [0.15, 0.2) is 60.7 Å². The van der Waals surface area contributed by atoms with Gasteiger partial charge < -0.3 is 14.2 Å². The van der Waals surface area contributed by atoms with E-state index in [4.69, 9.17) is 14.2 Å². The van der Waals surface area contributed by atoms with Crippen molar-refractivity contribution in [2.45, 2.75) is 65.7 Å². The maximum Gasteiger partial charge on any atom is 0.343 e. The number of ether oxygens (including phenoxy) is 3. The van der Waals surface area contributed by atoms with E-state index in [1.54, 1.807) is 12.1 Å². The third kappa shape index (κ3) is 9.18. The van der Waals surface area contributed by atoms with Crippen LogP contribution in [0.3, 0.4) is 0 Å². The summed E-state index contributed by atoms with van der Waals surface area (Å²) in [5.74, 6) is -1.93.